The summed E-state index contributed by atoms with van der Waals surface area (Å²) in [6.45, 7) is 3.39. The van der Waals surface area contributed by atoms with Gasteiger partial charge in [0.05, 0.1) is 19.4 Å². The molecule has 8 heteroatoms. The average molecular weight is 372 g/mol. The second kappa shape index (κ2) is 8.57. The van der Waals surface area contributed by atoms with E-state index in [0.29, 0.717) is 31.3 Å². The fourth-order valence-corrected chi connectivity index (χ4v) is 3.05. The molecule has 2 N–H and O–H groups in total. The number of ether oxygens (including phenoxy) is 2. The Morgan fingerprint density at radius 2 is 2.00 bits per heavy atom. The number of rotatable bonds is 5. The molecule has 0 spiro atoms. The van der Waals surface area contributed by atoms with Crippen molar-refractivity contribution in [2.75, 3.05) is 32.1 Å². The van der Waals surface area contributed by atoms with E-state index in [1.54, 1.807) is 18.9 Å². The molecule has 0 unspecified atom stereocenters. The first kappa shape index (κ1) is 18.8. The van der Waals surface area contributed by atoms with Gasteiger partial charge < -0.3 is 19.7 Å². The first-order valence-corrected chi connectivity index (χ1v) is 9.03. The normalized spacial score (nSPS) is 14.7. The number of anilines is 1. The van der Waals surface area contributed by atoms with E-state index in [-0.39, 0.29) is 17.7 Å². The zero-order valence-corrected chi connectivity index (χ0v) is 15.5. The minimum Gasteiger partial charge on any atom is -0.497 e. The average Bonchev–Trinajstić information content (AvgIpc) is 2.68. The van der Waals surface area contributed by atoms with E-state index in [2.05, 4.69) is 15.3 Å². The highest BCUT2D eigenvalue weighted by molar-refractivity contribution is 5.67. The highest BCUT2D eigenvalue weighted by atomic mass is 16.6. The molecule has 0 aliphatic carbocycles. The Bertz CT molecular complexity index is 826. The number of aromatic amines is 1. The number of carbonyl (C=O) groups excluding carboxylic acids is 1. The van der Waals surface area contributed by atoms with Gasteiger partial charge in [0.2, 0.25) is 5.95 Å². The van der Waals surface area contributed by atoms with Crippen molar-refractivity contribution in [2.45, 2.75) is 25.8 Å². The van der Waals surface area contributed by atoms with E-state index in [1.807, 2.05) is 24.3 Å². The summed E-state index contributed by atoms with van der Waals surface area (Å²) in [6.07, 6.45) is 1.24. The fourth-order valence-electron chi connectivity index (χ4n) is 3.05. The summed E-state index contributed by atoms with van der Waals surface area (Å²) in [5.74, 6) is 1.18. The van der Waals surface area contributed by atoms with Gasteiger partial charge in [-0.2, -0.15) is 0 Å². The number of nitrogens with one attached hydrogen (secondary N) is 2. The van der Waals surface area contributed by atoms with Crippen LogP contribution >= 0.6 is 0 Å². The van der Waals surface area contributed by atoms with E-state index in [0.717, 1.165) is 24.2 Å². The Balaban J connectivity index is 1.66. The molecule has 0 bridgehead atoms. The maximum absolute atomic E-state index is 12.0. The van der Waals surface area contributed by atoms with E-state index in [1.165, 1.54) is 6.07 Å². The van der Waals surface area contributed by atoms with Crippen LogP contribution in [-0.2, 0) is 4.74 Å². The number of piperidine rings is 1. The van der Waals surface area contributed by atoms with E-state index in [4.69, 9.17) is 9.47 Å². The number of amides is 1. The number of benzene rings is 1. The first-order valence-electron chi connectivity index (χ1n) is 9.03. The Kier molecular flexibility index (Phi) is 5.95. The van der Waals surface area contributed by atoms with Crippen molar-refractivity contribution < 1.29 is 14.3 Å². The zero-order chi connectivity index (χ0) is 19.2. The molecule has 1 aromatic carbocycles. The monoisotopic (exact) mass is 372 g/mol. The van der Waals surface area contributed by atoms with E-state index in [9.17, 15) is 9.59 Å². The summed E-state index contributed by atoms with van der Waals surface area (Å²) in [7, 11) is 1.61. The van der Waals surface area contributed by atoms with Crippen LogP contribution in [0.4, 0.5) is 10.7 Å². The van der Waals surface area contributed by atoms with Gasteiger partial charge in [0.15, 0.2) is 0 Å². The largest absolute Gasteiger partial charge is 0.497 e. The van der Waals surface area contributed by atoms with Crippen molar-refractivity contribution in [3.05, 3.63) is 40.7 Å². The molecule has 1 aliphatic heterocycles. The van der Waals surface area contributed by atoms with Crippen LogP contribution in [0.15, 0.2) is 35.1 Å². The Morgan fingerprint density at radius 3 is 2.63 bits per heavy atom. The number of hydrogen-bond acceptors (Lipinski definition) is 6. The van der Waals surface area contributed by atoms with Crippen LogP contribution < -0.4 is 15.6 Å². The molecule has 2 heterocycles. The van der Waals surface area contributed by atoms with Gasteiger partial charge in [-0.3, -0.25) is 9.78 Å². The predicted octanol–water partition coefficient (Wildman–Crippen LogP) is 2.48. The summed E-state index contributed by atoms with van der Waals surface area (Å²) in [5.41, 5.74) is 1.21. The molecular formula is C19H24N4O4. The second-order valence-electron chi connectivity index (χ2n) is 6.31. The molecule has 8 nitrogen and oxygen atoms in total. The van der Waals surface area contributed by atoms with Crippen LogP contribution in [0.5, 0.6) is 5.75 Å². The summed E-state index contributed by atoms with van der Waals surface area (Å²) >= 11 is 0. The van der Waals surface area contributed by atoms with Crippen molar-refractivity contribution in [1.82, 2.24) is 14.9 Å². The number of methoxy groups -OCH3 is 1. The molecule has 1 saturated heterocycles. The molecule has 27 heavy (non-hydrogen) atoms. The van der Waals surface area contributed by atoms with Crippen LogP contribution in [0.2, 0.25) is 0 Å². The van der Waals surface area contributed by atoms with Gasteiger partial charge in [0.1, 0.15) is 5.75 Å². The van der Waals surface area contributed by atoms with Gasteiger partial charge in [-0.15, -0.1) is 0 Å². The highest BCUT2D eigenvalue weighted by Crippen LogP contribution is 2.21. The van der Waals surface area contributed by atoms with Gasteiger partial charge in [-0.05, 0) is 44.0 Å². The maximum atomic E-state index is 12.0. The highest BCUT2D eigenvalue weighted by Gasteiger charge is 2.24. The summed E-state index contributed by atoms with van der Waals surface area (Å²) in [6, 6.07) is 8.98. The van der Waals surface area contributed by atoms with Crippen molar-refractivity contribution in [2.24, 2.45) is 0 Å². The Morgan fingerprint density at radius 1 is 1.30 bits per heavy atom. The third-order valence-corrected chi connectivity index (χ3v) is 4.49. The molecule has 1 aliphatic rings. The van der Waals surface area contributed by atoms with E-state index < -0.39 is 0 Å². The lowest BCUT2D eigenvalue weighted by Crippen LogP contribution is -2.43. The standard InChI is InChI=1S/C19H24N4O4/c1-3-27-19(25)23-10-8-14(9-11-23)20-18-21-16(12-17(24)22-18)13-4-6-15(26-2)7-5-13/h4-7,12,14H,3,8-11H2,1-2H3,(H2,20,21,22,24). The molecular weight excluding hydrogens is 348 g/mol. The predicted molar refractivity (Wildman–Crippen MR) is 102 cm³/mol. The Hall–Kier alpha value is -3.03. The number of likely N-dealkylation sites (tertiary alicyclic amines) is 1. The van der Waals surface area contributed by atoms with Gasteiger partial charge in [0, 0.05) is 30.8 Å². The molecule has 0 saturated carbocycles. The fraction of sp³-hybridized carbons (Fsp3) is 0.421. The maximum Gasteiger partial charge on any atom is 0.409 e. The molecule has 2 aromatic rings. The molecule has 1 amide bonds. The quantitative estimate of drug-likeness (QED) is 0.837. The van der Waals surface area contributed by atoms with Crippen molar-refractivity contribution in [3.63, 3.8) is 0 Å². The third kappa shape index (κ3) is 4.78. The lowest BCUT2D eigenvalue weighted by Gasteiger charge is -2.31. The molecule has 1 aromatic heterocycles. The second-order valence-corrected chi connectivity index (χ2v) is 6.31. The molecule has 3 rings (SSSR count). The van der Waals surface area contributed by atoms with Crippen LogP contribution in [0.1, 0.15) is 19.8 Å². The van der Waals surface area contributed by atoms with Crippen molar-refractivity contribution >= 4 is 12.0 Å². The number of hydrogen-bond donors (Lipinski definition) is 2. The van der Waals surface area contributed by atoms with Crippen LogP contribution in [0, 0.1) is 0 Å². The van der Waals surface area contributed by atoms with Crippen LogP contribution in [0.3, 0.4) is 0 Å². The number of nitrogens with zero attached hydrogens (tertiary/aromatic N) is 2. The van der Waals surface area contributed by atoms with Crippen molar-refractivity contribution in [1.29, 1.82) is 0 Å². The Labute approximate surface area is 157 Å². The lowest BCUT2D eigenvalue weighted by atomic mass is 10.1. The smallest absolute Gasteiger partial charge is 0.409 e. The van der Waals surface area contributed by atoms with Gasteiger partial charge in [-0.25, -0.2) is 9.78 Å². The van der Waals surface area contributed by atoms with Gasteiger partial charge >= 0.3 is 6.09 Å². The SMILES string of the molecule is CCOC(=O)N1CCC(Nc2nc(-c3ccc(OC)cc3)cc(=O)[nH]2)CC1. The number of aromatic nitrogens is 2. The molecule has 1 fully saturated rings. The minimum absolute atomic E-state index is 0.130. The molecule has 0 atom stereocenters. The summed E-state index contributed by atoms with van der Waals surface area (Å²) < 4.78 is 10.2. The topological polar surface area (TPSA) is 96.5 Å². The third-order valence-electron chi connectivity index (χ3n) is 4.49. The molecule has 0 radical (unpaired) electrons. The molecule has 144 valence electrons. The van der Waals surface area contributed by atoms with Crippen molar-refractivity contribution in [3.8, 4) is 17.0 Å². The van der Waals surface area contributed by atoms with Gasteiger partial charge in [0.25, 0.3) is 5.56 Å². The van der Waals surface area contributed by atoms with Gasteiger partial charge in [-0.1, -0.05) is 0 Å². The first-order chi connectivity index (χ1) is 13.1. The van der Waals surface area contributed by atoms with E-state index >= 15 is 0 Å². The van der Waals surface area contributed by atoms with Crippen LogP contribution in [-0.4, -0.2) is 53.8 Å². The number of H-pyrrole nitrogens is 1. The minimum atomic E-state index is -0.274. The summed E-state index contributed by atoms with van der Waals surface area (Å²) in [4.78, 5) is 32.8. The number of carbonyl (C=O) groups is 1. The summed E-state index contributed by atoms with van der Waals surface area (Å²) in [5, 5.41) is 3.28. The lowest BCUT2D eigenvalue weighted by molar-refractivity contribution is 0.0983. The van der Waals surface area contributed by atoms with Crippen LogP contribution in [0.25, 0.3) is 11.3 Å². The zero-order valence-electron chi connectivity index (χ0n) is 15.5.